The van der Waals surface area contributed by atoms with Gasteiger partial charge in [0.15, 0.2) is 0 Å². The van der Waals surface area contributed by atoms with Gasteiger partial charge in [0.05, 0.1) is 11.0 Å². The van der Waals surface area contributed by atoms with Crippen molar-refractivity contribution < 1.29 is 9.84 Å². The van der Waals surface area contributed by atoms with Crippen LogP contribution in [0.15, 0.2) is 48.5 Å². The molecule has 0 aliphatic carbocycles. The van der Waals surface area contributed by atoms with Crippen LogP contribution in [0.25, 0.3) is 11.0 Å². The van der Waals surface area contributed by atoms with Gasteiger partial charge < -0.3 is 14.4 Å². The zero-order valence-electron chi connectivity index (χ0n) is 13.4. The maximum absolute atomic E-state index is 9.12. The van der Waals surface area contributed by atoms with E-state index in [0.29, 0.717) is 13.0 Å². The first-order valence-electron chi connectivity index (χ1n) is 8.08. The Morgan fingerprint density at radius 1 is 1.09 bits per heavy atom. The molecule has 0 fully saturated rings. The molecule has 0 amide bonds. The van der Waals surface area contributed by atoms with Crippen LogP contribution in [0.2, 0.25) is 0 Å². The topological polar surface area (TPSA) is 47.3 Å². The number of hydrogen-bond acceptors (Lipinski definition) is 3. The van der Waals surface area contributed by atoms with E-state index in [-0.39, 0.29) is 6.61 Å². The summed E-state index contributed by atoms with van der Waals surface area (Å²) in [6.45, 7) is 3.47. The van der Waals surface area contributed by atoms with Gasteiger partial charge in [0.25, 0.3) is 0 Å². The molecule has 0 saturated carbocycles. The van der Waals surface area contributed by atoms with Crippen molar-refractivity contribution in [3.8, 4) is 5.75 Å². The van der Waals surface area contributed by atoms with Gasteiger partial charge in [-0.1, -0.05) is 31.2 Å². The van der Waals surface area contributed by atoms with Crippen molar-refractivity contribution in [3.05, 3.63) is 59.9 Å². The molecule has 0 aliphatic rings. The van der Waals surface area contributed by atoms with Crippen LogP contribution < -0.4 is 4.74 Å². The van der Waals surface area contributed by atoms with Crippen LogP contribution in [0.3, 0.4) is 0 Å². The second kappa shape index (κ2) is 7.29. The van der Waals surface area contributed by atoms with Crippen LogP contribution in [0.1, 0.15) is 24.7 Å². The average molecular weight is 310 g/mol. The van der Waals surface area contributed by atoms with E-state index in [2.05, 4.69) is 34.7 Å². The number of benzene rings is 2. The van der Waals surface area contributed by atoms with Crippen LogP contribution in [0, 0.1) is 0 Å². The molecule has 1 N–H and O–H groups in total. The molecule has 23 heavy (non-hydrogen) atoms. The van der Waals surface area contributed by atoms with Crippen molar-refractivity contribution in [2.24, 2.45) is 0 Å². The second-order valence-electron chi connectivity index (χ2n) is 5.53. The third-order valence-electron chi connectivity index (χ3n) is 3.97. The van der Waals surface area contributed by atoms with E-state index in [1.54, 1.807) is 0 Å². The van der Waals surface area contributed by atoms with Gasteiger partial charge in [-0.25, -0.2) is 4.98 Å². The Morgan fingerprint density at radius 3 is 2.61 bits per heavy atom. The monoisotopic (exact) mass is 310 g/mol. The van der Waals surface area contributed by atoms with Crippen molar-refractivity contribution in [1.29, 1.82) is 0 Å². The number of aryl methyl sites for hydroxylation is 2. The molecule has 0 atom stereocenters. The van der Waals surface area contributed by atoms with E-state index in [1.807, 2.05) is 30.3 Å². The molecule has 1 heterocycles. The number of fused-ring (bicyclic) bond motifs is 1. The number of ether oxygens (including phenoxy) is 1. The minimum Gasteiger partial charge on any atom is -0.486 e. The number of hydrogen-bond donors (Lipinski definition) is 1. The molecule has 0 saturated heterocycles. The number of para-hydroxylation sites is 2. The molecule has 3 aromatic rings. The van der Waals surface area contributed by atoms with Crippen LogP contribution >= 0.6 is 0 Å². The SMILES string of the molecule is CCc1ccc(OCc2nc3ccccc3n2CCCO)cc1. The first-order chi connectivity index (χ1) is 11.3. The van der Waals surface area contributed by atoms with E-state index in [0.717, 1.165) is 35.6 Å². The highest BCUT2D eigenvalue weighted by atomic mass is 16.5. The smallest absolute Gasteiger partial charge is 0.147 e. The van der Waals surface area contributed by atoms with Gasteiger partial charge in [0.2, 0.25) is 0 Å². The maximum Gasteiger partial charge on any atom is 0.147 e. The molecular formula is C19H22N2O2. The molecule has 0 bridgehead atoms. The third kappa shape index (κ3) is 3.54. The van der Waals surface area contributed by atoms with Crippen LogP contribution in [-0.2, 0) is 19.6 Å². The minimum absolute atomic E-state index is 0.172. The number of aliphatic hydroxyl groups excluding tert-OH is 1. The molecule has 0 aliphatic heterocycles. The Bertz CT molecular complexity index is 763. The Labute approximate surface area is 136 Å². The lowest BCUT2D eigenvalue weighted by Gasteiger charge is -2.10. The fourth-order valence-corrected chi connectivity index (χ4v) is 2.68. The third-order valence-corrected chi connectivity index (χ3v) is 3.97. The van der Waals surface area contributed by atoms with E-state index in [1.165, 1.54) is 5.56 Å². The Kier molecular flexibility index (Phi) is 4.93. The summed E-state index contributed by atoms with van der Waals surface area (Å²) in [6.07, 6.45) is 1.73. The van der Waals surface area contributed by atoms with Crippen LogP contribution in [0.5, 0.6) is 5.75 Å². The standard InChI is InChI=1S/C19H22N2O2/c1-2-15-8-10-16(11-9-15)23-14-19-20-17-6-3-4-7-18(17)21(19)12-5-13-22/h3-4,6-11,22H,2,5,12-14H2,1H3. The van der Waals surface area contributed by atoms with Gasteiger partial charge >= 0.3 is 0 Å². The lowest BCUT2D eigenvalue weighted by molar-refractivity contribution is 0.269. The second-order valence-corrected chi connectivity index (χ2v) is 5.53. The van der Waals surface area contributed by atoms with E-state index in [9.17, 15) is 0 Å². The van der Waals surface area contributed by atoms with Crippen LogP contribution in [-0.4, -0.2) is 21.3 Å². The number of rotatable bonds is 7. The van der Waals surface area contributed by atoms with Gasteiger partial charge in [0, 0.05) is 13.2 Å². The number of nitrogens with zero attached hydrogens (tertiary/aromatic N) is 2. The van der Waals surface area contributed by atoms with Gasteiger partial charge in [-0.2, -0.15) is 0 Å². The van der Waals surface area contributed by atoms with Gasteiger partial charge in [-0.05, 0) is 42.7 Å². The Morgan fingerprint density at radius 2 is 1.87 bits per heavy atom. The predicted octanol–water partition coefficient (Wildman–Crippen LogP) is 3.56. The fraction of sp³-hybridized carbons (Fsp3) is 0.316. The van der Waals surface area contributed by atoms with Crippen molar-refractivity contribution in [2.75, 3.05) is 6.61 Å². The minimum atomic E-state index is 0.172. The highest BCUT2D eigenvalue weighted by Crippen LogP contribution is 2.19. The molecule has 120 valence electrons. The highest BCUT2D eigenvalue weighted by Gasteiger charge is 2.10. The molecule has 0 unspecified atom stereocenters. The number of aromatic nitrogens is 2. The first kappa shape index (κ1) is 15.6. The number of aliphatic hydroxyl groups is 1. The highest BCUT2D eigenvalue weighted by molar-refractivity contribution is 5.75. The summed E-state index contributed by atoms with van der Waals surface area (Å²) >= 11 is 0. The van der Waals surface area contributed by atoms with Crippen LogP contribution in [0.4, 0.5) is 0 Å². The molecule has 0 spiro atoms. The van der Waals surface area contributed by atoms with Crippen molar-refractivity contribution in [3.63, 3.8) is 0 Å². The van der Waals surface area contributed by atoms with E-state index in [4.69, 9.17) is 9.84 Å². The zero-order valence-corrected chi connectivity index (χ0v) is 13.4. The zero-order chi connectivity index (χ0) is 16.1. The normalized spacial score (nSPS) is 11.0. The molecule has 0 radical (unpaired) electrons. The van der Waals surface area contributed by atoms with Gasteiger partial charge in [0.1, 0.15) is 18.2 Å². The fourth-order valence-electron chi connectivity index (χ4n) is 2.68. The maximum atomic E-state index is 9.12. The van der Waals surface area contributed by atoms with E-state index < -0.39 is 0 Å². The molecule has 3 rings (SSSR count). The number of imidazole rings is 1. The summed E-state index contributed by atoms with van der Waals surface area (Å²) in [5, 5.41) is 9.12. The molecule has 4 heteroatoms. The summed E-state index contributed by atoms with van der Waals surface area (Å²) in [5.74, 6) is 1.74. The summed E-state index contributed by atoms with van der Waals surface area (Å²) < 4.78 is 8.03. The lowest BCUT2D eigenvalue weighted by Crippen LogP contribution is -2.08. The summed E-state index contributed by atoms with van der Waals surface area (Å²) in [5.41, 5.74) is 3.35. The summed E-state index contributed by atoms with van der Waals surface area (Å²) in [4.78, 5) is 4.67. The Hall–Kier alpha value is -2.33. The van der Waals surface area contributed by atoms with Gasteiger partial charge in [-0.15, -0.1) is 0 Å². The quantitative estimate of drug-likeness (QED) is 0.726. The summed E-state index contributed by atoms with van der Waals surface area (Å²) in [7, 11) is 0. The molecule has 1 aromatic heterocycles. The predicted molar refractivity (Wildman–Crippen MR) is 91.6 cm³/mol. The summed E-state index contributed by atoms with van der Waals surface area (Å²) in [6, 6.07) is 16.2. The van der Waals surface area contributed by atoms with Crippen molar-refractivity contribution >= 4 is 11.0 Å². The average Bonchev–Trinajstić information content (AvgIpc) is 2.96. The van der Waals surface area contributed by atoms with E-state index >= 15 is 0 Å². The van der Waals surface area contributed by atoms with Crippen molar-refractivity contribution in [2.45, 2.75) is 32.9 Å². The first-order valence-corrected chi connectivity index (χ1v) is 8.08. The largest absolute Gasteiger partial charge is 0.486 e. The Balaban J connectivity index is 1.80. The lowest BCUT2D eigenvalue weighted by atomic mass is 10.2. The van der Waals surface area contributed by atoms with Crippen molar-refractivity contribution in [1.82, 2.24) is 9.55 Å². The van der Waals surface area contributed by atoms with Gasteiger partial charge in [-0.3, -0.25) is 0 Å². The molecular weight excluding hydrogens is 288 g/mol. The molecule has 4 nitrogen and oxygen atoms in total. The molecule has 2 aromatic carbocycles.